The monoisotopic (exact) mass is 300 g/mol. The van der Waals surface area contributed by atoms with Gasteiger partial charge >= 0.3 is 0 Å². The van der Waals surface area contributed by atoms with Gasteiger partial charge in [-0.3, -0.25) is 4.79 Å². The lowest BCUT2D eigenvalue weighted by Crippen LogP contribution is -2.19. The van der Waals surface area contributed by atoms with E-state index >= 15 is 0 Å². The van der Waals surface area contributed by atoms with Crippen molar-refractivity contribution in [2.75, 3.05) is 0 Å². The Morgan fingerprint density at radius 3 is 2.77 bits per heavy atom. The smallest absolute Gasteiger partial charge is 0.244 e. The van der Waals surface area contributed by atoms with E-state index in [9.17, 15) is 9.18 Å². The molecule has 1 aromatic carbocycles. The summed E-state index contributed by atoms with van der Waals surface area (Å²) in [5.41, 5.74) is 3.17. The summed E-state index contributed by atoms with van der Waals surface area (Å²) in [6, 6.07) is 9.61. The van der Waals surface area contributed by atoms with Gasteiger partial charge in [0, 0.05) is 5.92 Å². The largest absolute Gasteiger partial charge is 0.460 e. The van der Waals surface area contributed by atoms with Crippen LogP contribution in [0.15, 0.2) is 45.9 Å². The number of hydrogen-bond donors (Lipinski definition) is 1. The number of rotatable bonds is 5. The SMILES string of the molecule is C[C@@H]1C[C@@H]1c1ccc(/C=N\NC(=O)Cc2ccc(F)cc2)o1. The molecule has 0 saturated heterocycles. The molecule has 5 heteroatoms. The summed E-state index contributed by atoms with van der Waals surface area (Å²) >= 11 is 0. The number of carbonyl (C=O) groups excluding carboxylic acids is 1. The van der Waals surface area contributed by atoms with Crippen molar-refractivity contribution in [3.05, 3.63) is 59.3 Å². The lowest BCUT2D eigenvalue weighted by Gasteiger charge is -1.99. The van der Waals surface area contributed by atoms with Gasteiger partial charge in [0.2, 0.25) is 5.91 Å². The number of halogens is 1. The third-order valence-corrected chi connectivity index (χ3v) is 3.78. The summed E-state index contributed by atoms with van der Waals surface area (Å²) in [6.45, 7) is 2.19. The highest BCUT2D eigenvalue weighted by Gasteiger charge is 2.36. The van der Waals surface area contributed by atoms with Crippen molar-refractivity contribution in [1.29, 1.82) is 0 Å². The molecule has 22 heavy (non-hydrogen) atoms. The molecule has 0 bridgehead atoms. The van der Waals surface area contributed by atoms with Crippen LogP contribution in [0.5, 0.6) is 0 Å². The van der Waals surface area contributed by atoms with Crippen LogP contribution >= 0.6 is 0 Å². The molecule has 2 aromatic rings. The molecule has 0 aliphatic heterocycles. The van der Waals surface area contributed by atoms with Crippen LogP contribution in [-0.2, 0) is 11.2 Å². The normalized spacial score (nSPS) is 20.3. The molecular weight excluding hydrogens is 283 g/mol. The fourth-order valence-corrected chi connectivity index (χ4v) is 2.35. The Morgan fingerprint density at radius 2 is 2.09 bits per heavy atom. The van der Waals surface area contributed by atoms with E-state index in [1.807, 2.05) is 12.1 Å². The van der Waals surface area contributed by atoms with Gasteiger partial charge in [0.1, 0.15) is 17.3 Å². The number of carbonyl (C=O) groups is 1. The first-order valence-electron chi connectivity index (χ1n) is 7.28. The van der Waals surface area contributed by atoms with Gasteiger partial charge in [0.15, 0.2) is 0 Å². The summed E-state index contributed by atoms with van der Waals surface area (Å²) < 4.78 is 18.4. The average molecular weight is 300 g/mol. The Morgan fingerprint density at radius 1 is 1.36 bits per heavy atom. The minimum atomic E-state index is -0.319. The predicted octanol–water partition coefficient (Wildman–Crippen LogP) is 3.23. The fraction of sp³-hybridized carbons (Fsp3) is 0.294. The van der Waals surface area contributed by atoms with Crippen LogP contribution in [0.1, 0.15) is 36.3 Å². The van der Waals surface area contributed by atoms with Gasteiger partial charge in [0.25, 0.3) is 0 Å². The maximum Gasteiger partial charge on any atom is 0.244 e. The van der Waals surface area contributed by atoms with Crippen LogP contribution in [0.3, 0.4) is 0 Å². The van der Waals surface area contributed by atoms with Crippen molar-refractivity contribution in [2.45, 2.75) is 25.7 Å². The van der Waals surface area contributed by atoms with E-state index in [1.54, 1.807) is 12.1 Å². The van der Waals surface area contributed by atoms with Gasteiger partial charge in [-0.25, -0.2) is 9.82 Å². The zero-order chi connectivity index (χ0) is 15.5. The Kier molecular flexibility index (Phi) is 4.04. The second kappa shape index (κ2) is 6.13. The number of hydrogen-bond acceptors (Lipinski definition) is 3. The molecule has 2 atom stereocenters. The lowest BCUT2D eigenvalue weighted by molar-refractivity contribution is -0.120. The van der Waals surface area contributed by atoms with E-state index in [0.717, 1.165) is 11.3 Å². The van der Waals surface area contributed by atoms with Gasteiger partial charge in [-0.1, -0.05) is 19.1 Å². The summed E-state index contributed by atoms with van der Waals surface area (Å²) in [4.78, 5) is 11.7. The third-order valence-electron chi connectivity index (χ3n) is 3.78. The van der Waals surface area contributed by atoms with Crippen molar-refractivity contribution in [3.8, 4) is 0 Å². The number of amides is 1. The number of benzene rings is 1. The molecule has 1 N–H and O–H groups in total. The van der Waals surface area contributed by atoms with E-state index in [4.69, 9.17) is 4.42 Å². The van der Waals surface area contributed by atoms with Crippen molar-refractivity contribution in [2.24, 2.45) is 11.0 Å². The van der Waals surface area contributed by atoms with Gasteiger partial charge in [-0.15, -0.1) is 0 Å². The molecule has 1 aromatic heterocycles. The zero-order valence-electron chi connectivity index (χ0n) is 12.3. The molecule has 3 rings (SSSR count). The Bertz CT molecular complexity index is 691. The minimum Gasteiger partial charge on any atom is -0.460 e. The van der Waals surface area contributed by atoms with Crippen LogP contribution in [-0.4, -0.2) is 12.1 Å². The standard InChI is InChI=1S/C17H17FN2O2/c1-11-8-15(11)16-7-6-14(22-16)10-19-20-17(21)9-12-2-4-13(18)5-3-12/h2-7,10-11,15H,8-9H2,1H3,(H,20,21)/b19-10-/t11-,15+/m1/s1. The highest BCUT2D eigenvalue weighted by Crippen LogP contribution is 2.47. The fourth-order valence-electron chi connectivity index (χ4n) is 2.35. The molecule has 1 saturated carbocycles. The molecule has 1 amide bonds. The first-order valence-corrected chi connectivity index (χ1v) is 7.28. The summed E-state index contributed by atoms with van der Waals surface area (Å²) in [5, 5.41) is 3.87. The van der Waals surface area contributed by atoms with Crippen LogP contribution in [0.25, 0.3) is 0 Å². The molecule has 1 aliphatic rings. The van der Waals surface area contributed by atoms with E-state index in [2.05, 4.69) is 17.5 Å². The maximum atomic E-state index is 12.8. The summed E-state index contributed by atoms with van der Waals surface area (Å²) in [7, 11) is 0. The molecule has 0 spiro atoms. The van der Waals surface area contributed by atoms with Crippen molar-refractivity contribution >= 4 is 12.1 Å². The first-order chi connectivity index (χ1) is 10.6. The molecular formula is C17H17FN2O2. The third kappa shape index (κ3) is 3.61. The van der Waals surface area contributed by atoms with Crippen LogP contribution in [0.2, 0.25) is 0 Å². The van der Waals surface area contributed by atoms with E-state index in [0.29, 0.717) is 17.6 Å². The molecule has 0 unspecified atom stereocenters. The zero-order valence-corrected chi connectivity index (χ0v) is 12.3. The Hall–Kier alpha value is -2.43. The van der Waals surface area contributed by atoms with Gasteiger partial charge in [0.05, 0.1) is 12.6 Å². The molecule has 114 valence electrons. The Labute approximate surface area is 128 Å². The quantitative estimate of drug-likeness (QED) is 0.681. The van der Waals surface area contributed by atoms with E-state index in [1.165, 1.54) is 24.8 Å². The van der Waals surface area contributed by atoms with Gasteiger partial charge in [-0.05, 0) is 42.2 Å². The highest BCUT2D eigenvalue weighted by molar-refractivity contribution is 5.81. The van der Waals surface area contributed by atoms with E-state index in [-0.39, 0.29) is 18.1 Å². The average Bonchev–Trinajstić information content (AvgIpc) is 3.04. The number of furan rings is 1. The number of hydrazone groups is 1. The predicted molar refractivity (Wildman–Crippen MR) is 81.1 cm³/mol. The topological polar surface area (TPSA) is 54.6 Å². The number of nitrogens with zero attached hydrogens (tertiary/aromatic N) is 1. The maximum absolute atomic E-state index is 12.8. The lowest BCUT2D eigenvalue weighted by atomic mass is 10.1. The molecule has 1 fully saturated rings. The minimum absolute atomic E-state index is 0.153. The molecule has 1 heterocycles. The molecule has 0 radical (unpaired) electrons. The van der Waals surface area contributed by atoms with Crippen LogP contribution in [0.4, 0.5) is 4.39 Å². The first kappa shape index (κ1) is 14.5. The van der Waals surface area contributed by atoms with Crippen molar-refractivity contribution in [1.82, 2.24) is 5.43 Å². The van der Waals surface area contributed by atoms with Crippen molar-refractivity contribution in [3.63, 3.8) is 0 Å². The highest BCUT2D eigenvalue weighted by atomic mass is 19.1. The van der Waals surface area contributed by atoms with Crippen LogP contribution < -0.4 is 5.43 Å². The summed E-state index contributed by atoms with van der Waals surface area (Å²) in [5.74, 6) is 2.23. The summed E-state index contributed by atoms with van der Waals surface area (Å²) in [6.07, 6.45) is 2.80. The second-order valence-electron chi connectivity index (χ2n) is 5.66. The molecule has 4 nitrogen and oxygen atoms in total. The molecule has 1 aliphatic carbocycles. The van der Waals surface area contributed by atoms with Gasteiger partial charge < -0.3 is 4.42 Å². The second-order valence-corrected chi connectivity index (χ2v) is 5.66. The number of nitrogens with one attached hydrogen (secondary N) is 1. The Balaban J connectivity index is 1.49. The van der Waals surface area contributed by atoms with Crippen molar-refractivity contribution < 1.29 is 13.6 Å². The van der Waals surface area contributed by atoms with E-state index < -0.39 is 0 Å². The van der Waals surface area contributed by atoms with Crippen LogP contribution in [0, 0.1) is 11.7 Å². The van der Waals surface area contributed by atoms with Gasteiger partial charge in [-0.2, -0.15) is 5.10 Å².